The van der Waals surface area contributed by atoms with Gasteiger partial charge in [0, 0.05) is 32.6 Å². The number of hydrogen-bond acceptors (Lipinski definition) is 5. The predicted molar refractivity (Wildman–Crippen MR) is 81.9 cm³/mol. The number of likely N-dealkylation sites (tertiary alicyclic amines) is 1. The van der Waals surface area contributed by atoms with Crippen molar-refractivity contribution in [3.63, 3.8) is 0 Å². The van der Waals surface area contributed by atoms with Crippen LogP contribution < -0.4 is 5.32 Å². The number of carbonyl (C=O) groups excluding carboxylic acids is 3. The third kappa shape index (κ3) is 3.74. The molecule has 23 heavy (non-hydrogen) atoms. The predicted octanol–water partition coefficient (Wildman–Crippen LogP) is 0.0244. The normalized spacial score (nSPS) is 15.3. The monoisotopic (exact) mass is 339 g/mol. The molecule has 0 unspecified atom stereocenters. The summed E-state index contributed by atoms with van der Waals surface area (Å²) < 4.78 is 25.2. The second-order valence-corrected chi connectivity index (χ2v) is 7.39. The Morgan fingerprint density at radius 2 is 1.83 bits per heavy atom. The number of amides is 3. The van der Waals surface area contributed by atoms with Gasteiger partial charge in [-0.05, 0) is 18.2 Å². The number of anilines is 1. The number of rotatable bonds is 5. The van der Waals surface area contributed by atoms with Gasteiger partial charge in [-0.15, -0.1) is 0 Å². The fourth-order valence-corrected chi connectivity index (χ4v) is 3.04. The average molecular weight is 339 g/mol. The molecule has 2 rings (SSSR count). The number of sulfonamides is 1. The first-order chi connectivity index (χ1) is 10.7. The number of hydrogen-bond donors (Lipinski definition) is 1. The van der Waals surface area contributed by atoms with E-state index >= 15 is 0 Å². The lowest BCUT2D eigenvalue weighted by molar-refractivity contribution is -0.141. The Labute approximate surface area is 134 Å². The van der Waals surface area contributed by atoms with Crippen molar-refractivity contribution in [3.05, 3.63) is 24.3 Å². The summed E-state index contributed by atoms with van der Waals surface area (Å²) in [6.07, 6.45) is 0.228. The minimum atomic E-state index is -3.61. The Kier molecular flexibility index (Phi) is 4.81. The maximum Gasteiger partial charge on any atom is 0.244 e. The van der Waals surface area contributed by atoms with Crippen molar-refractivity contribution in [2.24, 2.45) is 0 Å². The lowest BCUT2D eigenvalue weighted by Gasteiger charge is -2.15. The maximum absolute atomic E-state index is 12.1. The highest BCUT2D eigenvalue weighted by molar-refractivity contribution is 7.89. The van der Waals surface area contributed by atoms with Crippen molar-refractivity contribution in [2.75, 3.05) is 26.0 Å². The Bertz CT molecular complexity index is 741. The van der Waals surface area contributed by atoms with Gasteiger partial charge in [0.25, 0.3) is 0 Å². The van der Waals surface area contributed by atoms with Gasteiger partial charge in [-0.3, -0.25) is 19.3 Å². The van der Waals surface area contributed by atoms with E-state index in [1.54, 1.807) is 0 Å². The largest absolute Gasteiger partial charge is 0.324 e. The highest BCUT2D eigenvalue weighted by atomic mass is 32.2. The molecule has 0 saturated carbocycles. The molecule has 0 aliphatic carbocycles. The molecule has 1 saturated heterocycles. The minimum absolute atomic E-state index is 0.0358. The van der Waals surface area contributed by atoms with Crippen LogP contribution >= 0.6 is 0 Å². The zero-order chi connectivity index (χ0) is 17.2. The summed E-state index contributed by atoms with van der Waals surface area (Å²) in [4.78, 5) is 35.8. The van der Waals surface area contributed by atoms with E-state index in [9.17, 15) is 22.8 Å². The molecule has 0 spiro atoms. The Balaban J connectivity index is 2.10. The van der Waals surface area contributed by atoms with E-state index < -0.39 is 15.9 Å². The van der Waals surface area contributed by atoms with Crippen molar-refractivity contribution in [3.8, 4) is 0 Å². The SMILES string of the molecule is CN(C)S(=O)(=O)c1cccc(NC(=O)CN2C(=O)CCC2=O)c1. The van der Waals surface area contributed by atoms with Gasteiger partial charge in [-0.2, -0.15) is 0 Å². The van der Waals surface area contributed by atoms with Crippen LogP contribution in [0, 0.1) is 0 Å². The highest BCUT2D eigenvalue weighted by Gasteiger charge is 2.30. The summed E-state index contributed by atoms with van der Waals surface area (Å²) in [5.74, 6) is -1.32. The van der Waals surface area contributed by atoms with Gasteiger partial charge in [0.05, 0.1) is 4.90 Å². The summed E-state index contributed by atoms with van der Waals surface area (Å²) in [6, 6.07) is 5.76. The van der Waals surface area contributed by atoms with E-state index in [2.05, 4.69) is 5.32 Å². The summed E-state index contributed by atoms with van der Waals surface area (Å²) in [5.41, 5.74) is 0.275. The van der Waals surface area contributed by atoms with Crippen LogP contribution in [-0.2, 0) is 24.4 Å². The number of nitrogens with zero attached hydrogens (tertiary/aromatic N) is 2. The van der Waals surface area contributed by atoms with Crippen molar-refractivity contribution < 1.29 is 22.8 Å². The van der Waals surface area contributed by atoms with Crippen LogP contribution in [0.15, 0.2) is 29.2 Å². The molecular weight excluding hydrogens is 322 g/mol. The Morgan fingerprint density at radius 3 is 2.39 bits per heavy atom. The van der Waals surface area contributed by atoms with E-state index in [4.69, 9.17) is 0 Å². The fraction of sp³-hybridized carbons (Fsp3) is 0.357. The van der Waals surface area contributed by atoms with Crippen LogP contribution in [0.1, 0.15) is 12.8 Å². The Morgan fingerprint density at radius 1 is 1.22 bits per heavy atom. The molecule has 124 valence electrons. The zero-order valence-electron chi connectivity index (χ0n) is 12.8. The number of benzene rings is 1. The van der Waals surface area contributed by atoms with Crippen LogP contribution in [0.4, 0.5) is 5.69 Å². The second kappa shape index (κ2) is 6.47. The lowest BCUT2D eigenvalue weighted by atomic mass is 10.3. The molecule has 1 aliphatic rings. The molecule has 9 heteroatoms. The molecule has 1 aromatic carbocycles. The van der Waals surface area contributed by atoms with Gasteiger partial charge in [0.1, 0.15) is 6.54 Å². The quantitative estimate of drug-likeness (QED) is 0.762. The van der Waals surface area contributed by atoms with Crippen molar-refractivity contribution in [2.45, 2.75) is 17.7 Å². The van der Waals surface area contributed by atoms with Crippen LogP contribution in [0.25, 0.3) is 0 Å². The molecule has 0 atom stereocenters. The number of imide groups is 1. The molecule has 0 aromatic heterocycles. The summed E-state index contributed by atoms with van der Waals surface area (Å²) in [5, 5.41) is 2.49. The van der Waals surface area contributed by atoms with E-state index in [1.807, 2.05) is 0 Å². The number of carbonyl (C=O) groups is 3. The molecule has 0 bridgehead atoms. The average Bonchev–Trinajstić information content (AvgIpc) is 2.79. The Hall–Kier alpha value is -2.26. The van der Waals surface area contributed by atoms with E-state index in [0.717, 1.165) is 9.21 Å². The van der Waals surface area contributed by atoms with Gasteiger partial charge in [0.15, 0.2) is 0 Å². The fourth-order valence-electron chi connectivity index (χ4n) is 2.09. The van der Waals surface area contributed by atoms with Crippen LogP contribution in [0.2, 0.25) is 0 Å². The third-order valence-corrected chi connectivity index (χ3v) is 5.16. The van der Waals surface area contributed by atoms with Gasteiger partial charge >= 0.3 is 0 Å². The minimum Gasteiger partial charge on any atom is -0.324 e. The molecule has 3 amide bonds. The van der Waals surface area contributed by atoms with Crippen LogP contribution in [-0.4, -0.2) is 56.0 Å². The molecular formula is C14H17N3O5S. The smallest absolute Gasteiger partial charge is 0.244 e. The molecule has 1 N–H and O–H groups in total. The van der Waals surface area contributed by atoms with E-state index in [1.165, 1.54) is 38.4 Å². The molecule has 1 aromatic rings. The van der Waals surface area contributed by atoms with Crippen LogP contribution in [0.3, 0.4) is 0 Å². The second-order valence-electron chi connectivity index (χ2n) is 5.24. The first-order valence-corrected chi connectivity index (χ1v) is 8.31. The van der Waals surface area contributed by atoms with Gasteiger partial charge in [-0.1, -0.05) is 6.07 Å². The van der Waals surface area contributed by atoms with Gasteiger partial charge in [-0.25, -0.2) is 12.7 Å². The first-order valence-electron chi connectivity index (χ1n) is 6.87. The molecule has 0 radical (unpaired) electrons. The van der Waals surface area contributed by atoms with Crippen LogP contribution in [0.5, 0.6) is 0 Å². The molecule has 1 fully saturated rings. The lowest BCUT2D eigenvalue weighted by Crippen LogP contribution is -2.36. The van der Waals surface area contributed by atoms with Gasteiger partial charge in [0.2, 0.25) is 27.7 Å². The summed E-state index contributed by atoms with van der Waals surface area (Å²) >= 11 is 0. The zero-order valence-corrected chi connectivity index (χ0v) is 13.6. The van der Waals surface area contributed by atoms with Crippen molar-refractivity contribution in [1.29, 1.82) is 0 Å². The number of nitrogens with one attached hydrogen (secondary N) is 1. The third-order valence-electron chi connectivity index (χ3n) is 3.35. The van der Waals surface area contributed by atoms with Crippen molar-refractivity contribution >= 4 is 33.4 Å². The van der Waals surface area contributed by atoms with E-state index in [0.29, 0.717) is 0 Å². The topological polar surface area (TPSA) is 104 Å². The van der Waals surface area contributed by atoms with E-state index in [-0.39, 0.29) is 41.8 Å². The summed E-state index contributed by atoms with van der Waals surface area (Å²) in [7, 11) is -0.796. The van der Waals surface area contributed by atoms with Crippen molar-refractivity contribution in [1.82, 2.24) is 9.21 Å². The standard InChI is InChI=1S/C14H17N3O5S/c1-16(2)23(21,22)11-5-3-4-10(8-11)15-12(18)9-17-13(19)6-7-14(17)20/h3-5,8H,6-7,9H2,1-2H3,(H,15,18). The molecule has 1 heterocycles. The molecule has 1 aliphatic heterocycles. The maximum atomic E-state index is 12.1. The van der Waals surface area contributed by atoms with Gasteiger partial charge < -0.3 is 5.32 Å². The summed E-state index contributed by atoms with van der Waals surface area (Å²) in [6.45, 7) is -0.373. The molecule has 8 nitrogen and oxygen atoms in total. The first kappa shape index (κ1) is 17.1. The highest BCUT2D eigenvalue weighted by Crippen LogP contribution is 2.18.